The first-order valence-corrected chi connectivity index (χ1v) is 10.2. The number of likely N-dealkylation sites (tertiary alicyclic amines) is 1. The summed E-state index contributed by atoms with van der Waals surface area (Å²) in [6.07, 6.45) is 14.7. The van der Waals surface area contributed by atoms with Crippen molar-refractivity contribution in [3.63, 3.8) is 0 Å². The van der Waals surface area contributed by atoms with Crippen LogP contribution in [0.25, 0.3) is 5.57 Å². The van der Waals surface area contributed by atoms with E-state index < -0.39 is 0 Å². The average molecular weight is 330 g/mol. The summed E-state index contributed by atoms with van der Waals surface area (Å²) in [4.78, 5) is 19.9. The largest absolute Gasteiger partial charge is 0.334 e. The highest BCUT2D eigenvalue weighted by Gasteiger charge is 2.36. The van der Waals surface area contributed by atoms with E-state index in [1.807, 2.05) is 5.38 Å². The molecule has 2 unspecified atom stereocenters. The molecule has 124 valence electrons. The molecule has 1 aromatic heterocycles. The number of carbonyl (C=O) groups is 1. The standard InChI is InChI=1S/C19H26N2OS/c22-19(21-12-6-10-14-7-4-5-11-17(14)21)16-13-23-18(20-16)15-8-2-1-3-9-15/h8,13-14,17H,1-7,9-12H2. The van der Waals surface area contributed by atoms with Crippen LogP contribution in [0, 0.1) is 5.92 Å². The van der Waals surface area contributed by atoms with Crippen molar-refractivity contribution in [3.8, 4) is 0 Å². The summed E-state index contributed by atoms with van der Waals surface area (Å²) in [7, 11) is 0. The topological polar surface area (TPSA) is 33.2 Å². The fourth-order valence-electron chi connectivity index (χ4n) is 4.58. The predicted octanol–water partition coefficient (Wildman–Crippen LogP) is 4.90. The van der Waals surface area contributed by atoms with Crippen molar-refractivity contribution in [1.29, 1.82) is 0 Å². The smallest absolute Gasteiger partial charge is 0.273 e. The van der Waals surface area contributed by atoms with Gasteiger partial charge in [-0.15, -0.1) is 11.3 Å². The summed E-state index contributed by atoms with van der Waals surface area (Å²) in [5, 5.41) is 3.06. The summed E-state index contributed by atoms with van der Waals surface area (Å²) in [6.45, 7) is 0.926. The summed E-state index contributed by atoms with van der Waals surface area (Å²) in [5.74, 6) is 0.918. The normalized spacial score (nSPS) is 28.2. The third-order valence-corrected chi connectivity index (χ3v) is 6.71. The van der Waals surface area contributed by atoms with Gasteiger partial charge in [0.15, 0.2) is 0 Å². The van der Waals surface area contributed by atoms with E-state index in [2.05, 4.69) is 11.0 Å². The van der Waals surface area contributed by atoms with Gasteiger partial charge in [0.25, 0.3) is 5.91 Å². The lowest BCUT2D eigenvalue weighted by Gasteiger charge is -2.43. The Morgan fingerprint density at radius 3 is 2.87 bits per heavy atom. The number of nitrogens with zero attached hydrogens (tertiary/aromatic N) is 2. The quantitative estimate of drug-likeness (QED) is 0.773. The second kappa shape index (κ2) is 6.76. The number of piperidine rings is 1. The van der Waals surface area contributed by atoms with Crippen LogP contribution in [-0.4, -0.2) is 28.4 Å². The van der Waals surface area contributed by atoms with Crippen molar-refractivity contribution in [2.45, 2.75) is 70.3 Å². The van der Waals surface area contributed by atoms with Gasteiger partial charge in [-0.05, 0) is 62.9 Å². The molecule has 4 rings (SSSR count). The highest BCUT2D eigenvalue weighted by Crippen LogP contribution is 2.36. The van der Waals surface area contributed by atoms with Crippen LogP contribution in [0.1, 0.15) is 79.7 Å². The third-order valence-electron chi connectivity index (χ3n) is 5.79. The molecule has 0 radical (unpaired) electrons. The van der Waals surface area contributed by atoms with Gasteiger partial charge >= 0.3 is 0 Å². The van der Waals surface area contributed by atoms with Crippen LogP contribution in [0.3, 0.4) is 0 Å². The van der Waals surface area contributed by atoms with Gasteiger partial charge < -0.3 is 4.90 Å². The first-order valence-electron chi connectivity index (χ1n) is 9.29. The molecule has 0 N–H and O–H groups in total. The van der Waals surface area contributed by atoms with Gasteiger partial charge in [0, 0.05) is 18.0 Å². The van der Waals surface area contributed by atoms with Crippen LogP contribution >= 0.6 is 11.3 Å². The molecule has 1 aliphatic heterocycles. The molecule has 2 heterocycles. The van der Waals surface area contributed by atoms with Gasteiger partial charge in [-0.25, -0.2) is 4.98 Å². The summed E-state index contributed by atoms with van der Waals surface area (Å²) in [5.41, 5.74) is 2.04. The predicted molar refractivity (Wildman–Crippen MR) is 94.6 cm³/mol. The van der Waals surface area contributed by atoms with E-state index >= 15 is 0 Å². The lowest BCUT2D eigenvalue weighted by Crippen LogP contribution is -2.49. The van der Waals surface area contributed by atoms with Crippen LogP contribution in [0.5, 0.6) is 0 Å². The van der Waals surface area contributed by atoms with Gasteiger partial charge in [-0.2, -0.15) is 0 Å². The van der Waals surface area contributed by atoms with Crippen molar-refractivity contribution >= 4 is 22.8 Å². The molecule has 0 spiro atoms. The molecular weight excluding hydrogens is 304 g/mol. The van der Waals surface area contributed by atoms with Crippen molar-refractivity contribution in [1.82, 2.24) is 9.88 Å². The number of aromatic nitrogens is 1. The van der Waals surface area contributed by atoms with Crippen LogP contribution in [-0.2, 0) is 0 Å². The second-order valence-corrected chi connectivity index (χ2v) is 8.12. The number of fused-ring (bicyclic) bond motifs is 1. The molecule has 1 saturated heterocycles. The maximum absolute atomic E-state index is 13.0. The highest BCUT2D eigenvalue weighted by atomic mass is 32.1. The average Bonchev–Trinajstić information content (AvgIpc) is 3.11. The number of thiazole rings is 1. The molecule has 3 nitrogen and oxygen atoms in total. The van der Waals surface area contributed by atoms with Crippen molar-refractivity contribution < 1.29 is 4.79 Å². The van der Waals surface area contributed by atoms with Crippen LogP contribution in [0.4, 0.5) is 0 Å². The first-order chi connectivity index (χ1) is 11.3. The highest BCUT2D eigenvalue weighted by molar-refractivity contribution is 7.11. The first kappa shape index (κ1) is 15.4. The molecule has 0 aromatic carbocycles. The lowest BCUT2D eigenvalue weighted by molar-refractivity contribution is 0.0386. The SMILES string of the molecule is O=C(c1csc(C2=CCCCC2)n1)N1CCCC2CCCCC21. The van der Waals surface area contributed by atoms with E-state index in [1.54, 1.807) is 11.3 Å². The Bertz CT molecular complexity index is 604. The minimum atomic E-state index is 0.181. The zero-order chi connectivity index (χ0) is 15.6. The number of amides is 1. The summed E-state index contributed by atoms with van der Waals surface area (Å²) < 4.78 is 0. The molecule has 0 bridgehead atoms. The van der Waals surface area contributed by atoms with E-state index in [0.29, 0.717) is 11.7 Å². The minimum absolute atomic E-state index is 0.181. The summed E-state index contributed by atoms with van der Waals surface area (Å²) in [6, 6.07) is 0.476. The van der Waals surface area contributed by atoms with E-state index in [1.165, 1.54) is 50.5 Å². The van der Waals surface area contributed by atoms with Gasteiger partial charge in [-0.1, -0.05) is 18.9 Å². The monoisotopic (exact) mass is 330 g/mol. The van der Waals surface area contributed by atoms with Crippen molar-refractivity contribution in [2.24, 2.45) is 5.92 Å². The Morgan fingerprint density at radius 2 is 2.00 bits per heavy atom. The molecular formula is C19H26N2OS. The van der Waals surface area contributed by atoms with Crippen molar-refractivity contribution in [2.75, 3.05) is 6.54 Å². The number of hydrogen-bond donors (Lipinski definition) is 0. The van der Waals surface area contributed by atoms with E-state index in [9.17, 15) is 4.79 Å². The third kappa shape index (κ3) is 3.10. The number of allylic oxidation sites excluding steroid dienone is 2. The van der Waals surface area contributed by atoms with Gasteiger partial charge in [0.05, 0.1) is 0 Å². The molecule has 4 heteroatoms. The maximum Gasteiger partial charge on any atom is 0.273 e. The maximum atomic E-state index is 13.0. The van der Waals surface area contributed by atoms with Crippen molar-refractivity contribution in [3.05, 3.63) is 22.2 Å². The Kier molecular flexibility index (Phi) is 4.52. The van der Waals surface area contributed by atoms with Gasteiger partial charge in [-0.3, -0.25) is 4.79 Å². The lowest BCUT2D eigenvalue weighted by atomic mass is 9.78. The molecule has 2 aliphatic carbocycles. The molecule has 23 heavy (non-hydrogen) atoms. The molecule has 2 fully saturated rings. The fourth-order valence-corrected chi connectivity index (χ4v) is 5.44. The van der Waals surface area contributed by atoms with Gasteiger partial charge in [0.1, 0.15) is 10.7 Å². The summed E-state index contributed by atoms with van der Waals surface area (Å²) >= 11 is 1.65. The molecule has 1 amide bonds. The minimum Gasteiger partial charge on any atom is -0.334 e. The Labute approximate surface area is 142 Å². The van der Waals surface area contributed by atoms with Gasteiger partial charge in [0.2, 0.25) is 0 Å². The van der Waals surface area contributed by atoms with E-state index in [0.717, 1.165) is 36.7 Å². The van der Waals surface area contributed by atoms with Crippen LogP contribution in [0.2, 0.25) is 0 Å². The number of carbonyl (C=O) groups excluding carboxylic acids is 1. The Balaban J connectivity index is 1.52. The Hall–Kier alpha value is -1.16. The number of hydrogen-bond acceptors (Lipinski definition) is 3. The Morgan fingerprint density at radius 1 is 1.13 bits per heavy atom. The second-order valence-electron chi connectivity index (χ2n) is 7.27. The molecule has 2 atom stereocenters. The molecule has 3 aliphatic rings. The number of rotatable bonds is 2. The molecule has 1 aromatic rings. The van der Waals surface area contributed by atoms with Crippen LogP contribution < -0.4 is 0 Å². The van der Waals surface area contributed by atoms with E-state index in [4.69, 9.17) is 4.98 Å². The zero-order valence-corrected chi connectivity index (χ0v) is 14.6. The fraction of sp³-hybridized carbons (Fsp3) is 0.684. The van der Waals surface area contributed by atoms with Crippen LogP contribution in [0.15, 0.2) is 11.5 Å². The van der Waals surface area contributed by atoms with E-state index in [-0.39, 0.29) is 5.91 Å². The zero-order valence-electron chi connectivity index (χ0n) is 13.8. The molecule has 1 saturated carbocycles.